The van der Waals surface area contributed by atoms with Gasteiger partial charge in [0.25, 0.3) is 0 Å². The fraction of sp³-hybridized carbons (Fsp3) is 0.235. The van der Waals surface area contributed by atoms with Gasteiger partial charge in [0.15, 0.2) is 0 Å². The van der Waals surface area contributed by atoms with Crippen LogP contribution in [0.3, 0.4) is 0 Å². The van der Waals surface area contributed by atoms with Crippen molar-refractivity contribution >= 4 is 8.28 Å². The van der Waals surface area contributed by atoms with Gasteiger partial charge in [-0.1, -0.05) is 0 Å². The van der Waals surface area contributed by atoms with Crippen LogP contribution in [0.2, 0.25) is 0 Å². The Labute approximate surface area is 149 Å². The average molecular weight is 371 g/mol. The molecule has 2 aromatic rings. The molecule has 2 aromatic carbocycles. The summed E-state index contributed by atoms with van der Waals surface area (Å²) < 4.78 is 7.10. The number of aliphatic hydroxyl groups is 1. The van der Waals surface area contributed by atoms with Crippen LogP contribution in [-0.4, -0.2) is 35.6 Å². The number of hydrogen-bond acceptors (Lipinski definition) is 3. The molecule has 1 N–H and O–H groups in total. The Hall–Kier alpha value is -1.23. The summed E-state index contributed by atoms with van der Waals surface area (Å²) in [5.41, 5.74) is 0.774. The summed E-state index contributed by atoms with van der Waals surface area (Å²) in [5, 5.41) is 10.3. The van der Waals surface area contributed by atoms with Crippen molar-refractivity contribution in [1.29, 1.82) is 0 Å². The van der Waals surface area contributed by atoms with Gasteiger partial charge in [-0.3, -0.25) is 0 Å². The maximum absolute atomic E-state index is 12.4. The average Bonchev–Trinajstić information content (AvgIpc) is 2.75. The third-order valence-electron chi connectivity index (χ3n) is 3.83. The molecular weight excluding hydrogens is 355 g/mol. The van der Waals surface area contributed by atoms with Gasteiger partial charge in [0.05, 0.1) is 0 Å². The number of likely N-dealkylation sites (N-methyl/N-ethyl adjacent to an activating group) is 1. The standard InChI is InChI=1S/C17H16NO3.Y/c1-18-11-14(19)16(17(18)20)13-9-5-6-10-15(13)21-12-7-3-2-4-8-12;/h2-4,6-10,14,16,19H,11H2,1H3;. The number of nitrogens with zero attached hydrogens (tertiary/aromatic N) is 1. The quantitative estimate of drug-likeness (QED) is 0.891. The number of amides is 1. The molecule has 2 atom stereocenters. The van der Waals surface area contributed by atoms with Gasteiger partial charge < -0.3 is 0 Å². The molecular formula is C17H16NO3Y. The Bertz CT molecular complexity index is 690. The normalized spacial score (nSPS) is 21.1. The van der Waals surface area contributed by atoms with E-state index in [9.17, 15) is 9.90 Å². The topological polar surface area (TPSA) is 49.8 Å². The van der Waals surface area contributed by atoms with Crippen LogP contribution in [0.15, 0.2) is 48.5 Å². The van der Waals surface area contributed by atoms with E-state index in [0.717, 1.165) is 44.6 Å². The number of carbonyl (C=O) groups is 1. The summed E-state index contributed by atoms with van der Waals surface area (Å²) in [5.74, 6) is 0.752. The number of hydrogen-bond donors (Lipinski definition) is 1. The molecule has 3 rings (SSSR count). The van der Waals surface area contributed by atoms with Gasteiger partial charge in [-0.25, -0.2) is 0 Å². The minimum atomic E-state index is -0.696. The molecule has 1 amide bonds. The van der Waals surface area contributed by atoms with E-state index < -0.39 is 12.0 Å². The van der Waals surface area contributed by atoms with E-state index in [4.69, 9.17) is 4.74 Å². The second kappa shape index (κ2) is 6.49. The van der Waals surface area contributed by atoms with E-state index in [-0.39, 0.29) is 5.91 Å². The fourth-order valence-electron chi connectivity index (χ4n) is 2.74. The minimum absolute atomic E-state index is 0.0587. The molecule has 0 spiro atoms. The van der Waals surface area contributed by atoms with Gasteiger partial charge in [0, 0.05) is 0 Å². The zero-order chi connectivity index (χ0) is 15.7. The third kappa shape index (κ3) is 3.10. The molecule has 2 unspecified atom stereocenters. The van der Waals surface area contributed by atoms with E-state index in [1.807, 2.05) is 48.5 Å². The van der Waals surface area contributed by atoms with Crippen molar-refractivity contribution in [3.8, 4) is 11.5 Å². The monoisotopic (exact) mass is 371 g/mol. The molecule has 1 saturated heterocycles. The van der Waals surface area contributed by atoms with Crippen molar-refractivity contribution in [3.63, 3.8) is 0 Å². The summed E-state index contributed by atoms with van der Waals surface area (Å²) in [4.78, 5) is 13.9. The molecule has 1 aliphatic heterocycles. The third-order valence-corrected chi connectivity index (χ3v) is 4.71. The van der Waals surface area contributed by atoms with Gasteiger partial charge in [-0.2, -0.15) is 0 Å². The summed E-state index contributed by atoms with van der Waals surface area (Å²) in [6.07, 6.45) is -0.696. The predicted octanol–water partition coefficient (Wildman–Crippen LogP) is 1.57. The SMILES string of the molecule is CN1CC(O)C(c2c[c]([Y])ccc2Oc2ccccc2)C1=O. The first-order chi connectivity index (χ1) is 10.6. The molecule has 22 heavy (non-hydrogen) atoms. The van der Waals surface area contributed by atoms with E-state index in [0.29, 0.717) is 12.3 Å². The van der Waals surface area contributed by atoms with E-state index in [1.165, 1.54) is 0 Å². The zero-order valence-electron chi connectivity index (χ0n) is 12.3. The Morgan fingerprint density at radius 3 is 2.59 bits per heavy atom. The van der Waals surface area contributed by atoms with E-state index in [2.05, 4.69) is 0 Å². The number of para-hydroxylation sites is 1. The van der Waals surface area contributed by atoms with Crippen molar-refractivity contribution in [3.05, 3.63) is 54.1 Å². The number of rotatable bonds is 3. The molecule has 0 saturated carbocycles. The van der Waals surface area contributed by atoms with Crippen LogP contribution < -0.4 is 7.11 Å². The molecule has 110 valence electrons. The van der Waals surface area contributed by atoms with Crippen molar-refractivity contribution in [2.24, 2.45) is 0 Å². The van der Waals surface area contributed by atoms with Crippen LogP contribution in [0, 0.1) is 0 Å². The van der Waals surface area contributed by atoms with Gasteiger partial charge >= 0.3 is 150 Å². The number of β-amino-alcohol motifs (C(OH)–C–C–N with tert-alkyl or cyclic N) is 1. The molecule has 0 aromatic heterocycles. The molecule has 0 bridgehead atoms. The first-order valence-corrected chi connectivity index (χ1v) is 8.53. The Morgan fingerprint density at radius 2 is 1.95 bits per heavy atom. The van der Waals surface area contributed by atoms with Crippen LogP contribution in [0.1, 0.15) is 11.5 Å². The van der Waals surface area contributed by atoms with Crippen LogP contribution in [0.4, 0.5) is 0 Å². The zero-order valence-corrected chi connectivity index (χ0v) is 15.1. The number of ether oxygens (including phenoxy) is 1. The number of likely N-dealkylation sites (tertiary alicyclic amines) is 1. The summed E-state index contributed by atoms with van der Waals surface area (Å²) in [6, 6.07) is 15.3. The fourth-order valence-corrected chi connectivity index (χ4v) is 3.41. The molecule has 0 aliphatic carbocycles. The van der Waals surface area contributed by atoms with Crippen LogP contribution >= 0.6 is 0 Å². The van der Waals surface area contributed by atoms with Crippen LogP contribution in [-0.2, 0) is 35.7 Å². The maximum atomic E-state index is 12.4. The van der Waals surface area contributed by atoms with Gasteiger partial charge in [0.1, 0.15) is 0 Å². The Kier molecular flexibility index (Phi) is 4.62. The Balaban J connectivity index is 2.00. The predicted molar refractivity (Wildman–Crippen MR) is 79.0 cm³/mol. The first-order valence-electron chi connectivity index (χ1n) is 7.11. The van der Waals surface area contributed by atoms with Crippen molar-refractivity contribution in [2.75, 3.05) is 13.6 Å². The van der Waals surface area contributed by atoms with Crippen molar-refractivity contribution in [1.82, 2.24) is 4.90 Å². The molecule has 0 radical (unpaired) electrons. The second-order valence-corrected chi connectivity index (χ2v) is 7.11. The van der Waals surface area contributed by atoms with Crippen LogP contribution in [0.5, 0.6) is 11.5 Å². The Morgan fingerprint density at radius 1 is 1.23 bits per heavy atom. The van der Waals surface area contributed by atoms with Gasteiger partial charge in [-0.05, 0) is 0 Å². The van der Waals surface area contributed by atoms with E-state index >= 15 is 0 Å². The number of aliphatic hydroxyl groups excluding tert-OH is 1. The van der Waals surface area contributed by atoms with E-state index in [1.54, 1.807) is 11.9 Å². The summed E-state index contributed by atoms with van der Waals surface area (Å²) in [7, 11) is 1.72. The number of carbonyl (C=O) groups excluding carboxylic acids is 1. The van der Waals surface area contributed by atoms with Crippen LogP contribution in [0.25, 0.3) is 0 Å². The van der Waals surface area contributed by atoms with Gasteiger partial charge in [-0.15, -0.1) is 0 Å². The molecule has 1 fully saturated rings. The molecule has 4 nitrogen and oxygen atoms in total. The second-order valence-electron chi connectivity index (χ2n) is 5.48. The molecule has 1 heterocycles. The van der Waals surface area contributed by atoms with Crippen molar-refractivity contribution in [2.45, 2.75) is 12.0 Å². The number of benzene rings is 2. The van der Waals surface area contributed by atoms with Crippen molar-refractivity contribution < 1.29 is 45.6 Å². The summed E-state index contributed by atoms with van der Waals surface area (Å²) >= 11 is 0.953. The summed E-state index contributed by atoms with van der Waals surface area (Å²) in [6.45, 7) is 0.360. The molecule has 1 aliphatic rings. The first kappa shape index (κ1) is 15.7. The molecule has 5 heteroatoms. The van der Waals surface area contributed by atoms with Gasteiger partial charge in [0.2, 0.25) is 0 Å².